The minimum absolute atomic E-state index is 0.0415. The topological polar surface area (TPSA) is 15.7 Å². The molecule has 0 bridgehead atoms. The second-order valence-corrected chi connectivity index (χ2v) is 15.4. The first-order chi connectivity index (χ1) is 29.2. The number of para-hydroxylation sites is 2. The quantitative estimate of drug-likeness (QED) is 0.151. The number of fused-ring (bicyclic) bond motifs is 4. The molecule has 0 saturated carbocycles. The van der Waals surface area contributed by atoms with Gasteiger partial charge in [0.1, 0.15) is 11.5 Å². The van der Waals surface area contributed by atoms with E-state index < -0.39 is 0 Å². The van der Waals surface area contributed by atoms with Crippen molar-refractivity contribution in [3.63, 3.8) is 0 Å². The van der Waals surface area contributed by atoms with Crippen molar-refractivity contribution in [3.05, 3.63) is 224 Å². The first kappa shape index (κ1) is 34.7. The number of benzene rings is 9. The molecule has 0 radical (unpaired) electrons. The summed E-state index contributed by atoms with van der Waals surface area (Å²) in [6.45, 7) is 2.14. The molecule has 0 aromatic heterocycles. The van der Waals surface area contributed by atoms with E-state index in [1.54, 1.807) is 0 Å². The minimum Gasteiger partial charge on any atom is -0.458 e. The van der Waals surface area contributed by atoms with E-state index in [1.807, 2.05) is 0 Å². The third-order valence-electron chi connectivity index (χ3n) is 11.7. The van der Waals surface area contributed by atoms with Crippen LogP contribution in [0.3, 0.4) is 0 Å². The van der Waals surface area contributed by atoms with Crippen LogP contribution in [0.15, 0.2) is 218 Å². The van der Waals surface area contributed by atoms with Gasteiger partial charge in [0.2, 0.25) is 0 Å². The molecular formula is C55H39BN2O. The zero-order valence-electron chi connectivity index (χ0n) is 32.7. The smallest absolute Gasteiger partial charge is 0.256 e. The highest BCUT2D eigenvalue weighted by molar-refractivity contribution is 6.99. The van der Waals surface area contributed by atoms with Gasteiger partial charge in [-0.15, -0.1) is 0 Å². The van der Waals surface area contributed by atoms with Gasteiger partial charge in [0.05, 0.1) is 5.69 Å². The number of aryl methyl sites for hydroxylation is 1. The summed E-state index contributed by atoms with van der Waals surface area (Å²) in [4.78, 5) is 4.80. The van der Waals surface area contributed by atoms with Crippen molar-refractivity contribution in [3.8, 4) is 44.9 Å². The summed E-state index contributed by atoms with van der Waals surface area (Å²) in [7, 11) is 0. The van der Waals surface area contributed by atoms with E-state index in [4.69, 9.17) is 4.74 Å². The molecule has 59 heavy (non-hydrogen) atoms. The number of hydrogen-bond acceptors (Lipinski definition) is 3. The van der Waals surface area contributed by atoms with E-state index in [-0.39, 0.29) is 6.71 Å². The summed E-state index contributed by atoms with van der Waals surface area (Å²) in [5.74, 6) is 1.77. The van der Waals surface area contributed by atoms with Crippen LogP contribution in [0.2, 0.25) is 0 Å². The van der Waals surface area contributed by atoms with Crippen LogP contribution in [-0.4, -0.2) is 6.71 Å². The zero-order valence-corrected chi connectivity index (χ0v) is 32.7. The first-order valence-electron chi connectivity index (χ1n) is 20.3. The Bertz CT molecular complexity index is 2930. The van der Waals surface area contributed by atoms with Gasteiger partial charge in [-0.2, -0.15) is 0 Å². The lowest BCUT2D eigenvalue weighted by Gasteiger charge is -2.41. The maximum absolute atomic E-state index is 7.10. The molecule has 2 heterocycles. The Morgan fingerprint density at radius 1 is 0.390 bits per heavy atom. The molecule has 0 spiro atoms. The molecule has 3 nitrogen and oxygen atoms in total. The van der Waals surface area contributed by atoms with Crippen LogP contribution in [0.1, 0.15) is 5.56 Å². The summed E-state index contributed by atoms with van der Waals surface area (Å²) in [6.07, 6.45) is 0. The molecule has 278 valence electrons. The molecule has 2 aliphatic rings. The van der Waals surface area contributed by atoms with Gasteiger partial charge in [-0.05, 0) is 117 Å². The van der Waals surface area contributed by atoms with Crippen LogP contribution < -0.4 is 30.9 Å². The van der Waals surface area contributed by atoms with Gasteiger partial charge in [-0.25, -0.2) is 0 Å². The molecule has 0 amide bonds. The van der Waals surface area contributed by atoms with Crippen LogP contribution in [0, 0.1) is 6.92 Å². The zero-order chi connectivity index (χ0) is 39.3. The van der Waals surface area contributed by atoms with Crippen molar-refractivity contribution < 1.29 is 4.74 Å². The Kier molecular flexibility index (Phi) is 8.48. The summed E-state index contributed by atoms with van der Waals surface area (Å²) in [6, 6.07) is 78.6. The van der Waals surface area contributed by atoms with Crippen molar-refractivity contribution in [2.24, 2.45) is 0 Å². The van der Waals surface area contributed by atoms with Gasteiger partial charge in [0, 0.05) is 40.1 Å². The molecule has 9 aromatic carbocycles. The number of anilines is 6. The van der Waals surface area contributed by atoms with Gasteiger partial charge in [0.15, 0.2) is 0 Å². The molecule has 0 aliphatic carbocycles. The van der Waals surface area contributed by atoms with Crippen molar-refractivity contribution in [2.45, 2.75) is 6.92 Å². The fourth-order valence-corrected chi connectivity index (χ4v) is 9.06. The SMILES string of the molecule is Cc1cc2c3c(c1)N(c1ccc(-c4ccccc4)cc1-c1ccccc1)c1cc(-c4ccccc4)ccc1B3c1ccc(N(c3ccccc3)c3ccccc3)cc1O2. The van der Waals surface area contributed by atoms with Gasteiger partial charge in [-0.1, -0.05) is 152 Å². The summed E-state index contributed by atoms with van der Waals surface area (Å²) >= 11 is 0. The molecule has 0 saturated heterocycles. The lowest BCUT2D eigenvalue weighted by Crippen LogP contribution is -2.59. The van der Waals surface area contributed by atoms with E-state index in [1.165, 1.54) is 44.3 Å². The van der Waals surface area contributed by atoms with Crippen LogP contribution in [0.4, 0.5) is 34.1 Å². The lowest BCUT2D eigenvalue weighted by molar-refractivity contribution is 0.487. The van der Waals surface area contributed by atoms with Crippen LogP contribution in [0.25, 0.3) is 33.4 Å². The molecule has 9 aromatic rings. The maximum atomic E-state index is 7.10. The molecule has 4 heteroatoms. The molecule has 0 atom stereocenters. The van der Waals surface area contributed by atoms with E-state index >= 15 is 0 Å². The first-order valence-corrected chi connectivity index (χ1v) is 20.3. The Labute approximate surface area is 346 Å². The highest BCUT2D eigenvalue weighted by atomic mass is 16.5. The third kappa shape index (κ3) is 6.09. The second-order valence-electron chi connectivity index (χ2n) is 15.4. The number of ether oxygens (including phenoxy) is 1. The van der Waals surface area contributed by atoms with Crippen molar-refractivity contribution in [2.75, 3.05) is 9.80 Å². The van der Waals surface area contributed by atoms with Crippen molar-refractivity contribution in [1.29, 1.82) is 0 Å². The second kappa shape index (κ2) is 14.4. The van der Waals surface area contributed by atoms with Gasteiger partial charge in [0.25, 0.3) is 6.71 Å². The number of hydrogen-bond donors (Lipinski definition) is 0. The Hall–Kier alpha value is -7.56. The lowest BCUT2D eigenvalue weighted by atomic mass is 9.34. The average molecular weight is 755 g/mol. The van der Waals surface area contributed by atoms with E-state index in [9.17, 15) is 0 Å². The minimum atomic E-state index is -0.0415. The van der Waals surface area contributed by atoms with Crippen LogP contribution >= 0.6 is 0 Å². The summed E-state index contributed by atoms with van der Waals surface area (Å²) in [5, 5.41) is 0. The maximum Gasteiger partial charge on any atom is 0.256 e. The standard InChI is InChI=1S/C55H39BN2O/c1-38-33-52-55-54(34-38)59-53-37-46(57(44-23-13-5-14-24-44)45-25-15-6-16-26-45)29-31-49(53)56(55)48-30-27-43(40-19-9-3-10-20-40)36-51(48)58(52)50-32-28-42(39-17-7-2-8-18-39)35-47(50)41-21-11-4-12-22-41/h2-37H,1H3. The summed E-state index contributed by atoms with van der Waals surface area (Å²) in [5.41, 5.74) is 18.4. The molecule has 0 N–H and O–H groups in total. The highest BCUT2D eigenvalue weighted by Gasteiger charge is 2.42. The monoisotopic (exact) mass is 754 g/mol. The van der Waals surface area contributed by atoms with E-state index in [2.05, 4.69) is 235 Å². The molecule has 0 fully saturated rings. The highest BCUT2D eigenvalue weighted by Crippen LogP contribution is 2.47. The van der Waals surface area contributed by atoms with E-state index in [0.717, 1.165) is 56.6 Å². The Balaban J connectivity index is 1.14. The van der Waals surface area contributed by atoms with Gasteiger partial charge < -0.3 is 14.5 Å². The number of rotatable bonds is 7. The molecular weight excluding hydrogens is 715 g/mol. The molecule has 0 unspecified atom stereocenters. The molecule has 11 rings (SSSR count). The number of nitrogens with zero attached hydrogens (tertiary/aromatic N) is 2. The van der Waals surface area contributed by atoms with Gasteiger partial charge >= 0.3 is 0 Å². The van der Waals surface area contributed by atoms with Crippen molar-refractivity contribution in [1.82, 2.24) is 0 Å². The fourth-order valence-electron chi connectivity index (χ4n) is 9.06. The normalized spacial score (nSPS) is 12.2. The van der Waals surface area contributed by atoms with E-state index in [0.29, 0.717) is 0 Å². The predicted octanol–water partition coefficient (Wildman–Crippen LogP) is 12.9. The Morgan fingerprint density at radius 3 is 1.56 bits per heavy atom. The summed E-state index contributed by atoms with van der Waals surface area (Å²) < 4.78 is 7.10. The van der Waals surface area contributed by atoms with Crippen LogP contribution in [-0.2, 0) is 0 Å². The molecule has 2 aliphatic heterocycles. The van der Waals surface area contributed by atoms with Gasteiger partial charge in [-0.3, -0.25) is 0 Å². The Morgan fingerprint density at radius 2 is 0.932 bits per heavy atom. The largest absolute Gasteiger partial charge is 0.458 e. The van der Waals surface area contributed by atoms with Crippen LogP contribution in [0.5, 0.6) is 11.5 Å². The fraction of sp³-hybridized carbons (Fsp3) is 0.0182. The van der Waals surface area contributed by atoms with Crippen molar-refractivity contribution >= 4 is 57.2 Å². The average Bonchev–Trinajstić information content (AvgIpc) is 3.30. The third-order valence-corrected chi connectivity index (χ3v) is 11.7. The predicted molar refractivity (Wildman–Crippen MR) is 248 cm³/mol.